The Hall–Kier alpha value is -2.09. The van der Waals surface area contributed by atoms with E-state index in [4.69, 9.17) is 4.98 Å². The Morgan fingerprint density at radius 1 is 1.00 bits per heavy atom. The average Bonchev–Trinajstić information content (AvgIpc) is 2.81. The van der Waals surface area contributed by atoms with Crippen molar-refractivity contribution in [3.63, 3.8) is 0 Å². The van der Waals surface area contributed by atoms with Gasteiger partial charge >= 0.3 is 0 Å². The van der Waals surface area contributed by atoms with Crippen LogP contribution in [0.25, 0.3) is 11.0 Å². The molecule has 1 aromatic heterocycles. The number of hydrogen-bond donors (Lipinski definition) is 0. The fourth-order valence-corrected chi connectivity index (χ4v) is 2.58. The summed E-state index contributed by atoms with van der Waals surface area (Å²) in [4.78, 5) is 4.79. The molecule has 3 rings (SSSR count). The van der Waals surface area contributed by atoms with E-state index in [1.165, 1.54) is 16.6 Å². The van der Waals surface area contributed by atoms with E-state index in [2.05, 4.69) is 73.9 Å². The molecule has 102 valence electrons. The van der Waals surface area contributed by atoms with Crippen LogP contribution in [-0.4, -0.2) is 9.55 Å². The lowest BCUT2D eigenvalue weighted by Gasteiger charge is -2.11. The number of aromatic nitrogens is 2. The van der Waals surface area contributed by atoms with Crippen LogP contribution in [0.5, 0.6) is 0 Å². The third kappa shape index (κ3) is 2.34. The van der Waals surface area contributed by atoms with Gasteiger partial charge in [0.15, 0.2) is 0 Å². The van der Waals surface area contributed by atoms with Crippen LogP contribution in [0.2, 0.25) is 0 Å². The molecule has 2 aromatic carbocycles. The van der Waals surface area contributed by atoms with Gasteiger partial charge < -0.3 is 4.57 Å². The van der Waals surface area contributed by atoms with E-state index in [9.17, 15) is 0 Å². The van der Waals surface area contributed by atoms with Gasteiger partial charge in [0.05, 0.1) is 11.0 Å². The first-order valence-corrected chi connectivity index (χ1v) is 7.16. The Morgan fingerprint density at radius 2 is 1.70 bits per heavy atom. The molecule has 0 aliphatic carbocycles. The standard InChI is InChI=1S/C18H20N2/c1-13(2)18-19-16-6-4-5-7-17(16)20(18)12-15-10-8-14(3)9-11-15/h4-11,13H,12H2,1-3H3. The van der Waals surface area contributed by atoms with E-state index >= 15 is 0 Å². The van der Waals surface area contributed by atoms with Crippen molar-refractivity contribution in [2.45, 2.75) is 33.2 Å². The van der Waals surface area contributed by atoms with Crippen LogP contribution in [0, 0.1) is 6.92 Å². The van der Waals surface area contributed by atoms with Crippen LogP contribution in [-0.2, 0) is 6.54 Å². The van der Waals surface area contributed by atoms with E-state index in [1.807, 2.05) is 0 Å². The zero-order valence-electron chi connectivity index (χ0n) is 12.3. The van der Waals surface area contributed by atoms with Gasteiger partial charge in [-0.05, 0) is 24.6 Å². The molecular formula is C18H20N2. The van der Waals surface area contributed by atoms with Crippen molar-refractivity contribution in [3.05, 3.63) is 65.5 Å². The molecule has 0 aliphatic rings. The SMILES string of the molecule is Cc1ccc(Cn2c(C(C)C)nc3ccccc32)cc1. The van der Waals surface area contributed by atoms with Crippen molar-refractivity contribution in [2.75, 3.05) is 0 Å². The predicted octanol–water partition coefficient (Wildman–Crippen LogP) is 4.52. The molecule has 0 saturated carbocycles. The Kier molecular flexibility index (Phi) is 3.31. The van der Waals surface area contributed by atoms with Gasteiger partial charge in [0, 0.05) is 12.5 Å². The molecule has 0 spiro atoms. The van der Waals surface area contributed by atoms with Crippen LogP contribution >= 0.6 is 0 Å². The summed E-state index contributed by atoms with van der Waals surface area (Å²) < 4.78 is 2.34. The quantitative estimate of drug-likeness (QED) is 0.680. The number of benzene rings is 2. The fraction of sp³-hybridized carbons (Fsp3) is 0.278. The summed E-state index contributed by atoms with van der Waals surface area (Å²) in [6.45, 7) is 7.41. The van der Waals surface area contributed by atoms with Crippen LogP contribution < -0.4 is 0 Å². The molecule has 0 amide bonds. The maximum absolute atomic E-state index is 4.79. The van der Waals surface area contributed by atoms with Gasteiger partial charge in [-0.3, -0.25) is 0 Å². The first-order chi connectivity index (χ1) is 9.65. The predicted molar refractivity (Wildman–Crippen MR) is 84.1 cm³/mol. The van der Waals surface area contributed by atoms with Crippen LogP contribution in [0.3, 0.4) is 0 Å². The van der Waals surface area contributed by atoms with Crippen LogP contribution in [0.15, 0.2) is 48.5 Å². The molecule has 0 N–H and O–H groups in total. The Morgan fingerprint density at radius 3 is 2.40 bits per heavy atom. The molecule has 0 fully saturated rings. The largest absolute Gasteiger partial charge is 0.323 e. The van der Waals surface area contributed by atoms with Gasteiger partial charge in [-0.1, -0.05) is 55.8 Å². The second-order valence-electron chi connectivity index (χ2n) is 5.69. The third-order valence-electron chi connectivity index (χ3n) is 3.66. The summed E-state index contributed by atoms with van der Waals surface area (Å²) in [5.41, 5.74) is 4.93. The smallest absolute Gasteiger partial charge is 0.112 e. The molecule has 0 unspecified atom stereocenters. The molecule has 3 aromatic rings. The van der Waals surface area contributed by atoms with Gasteiger partial charge in [0.25, 0.3) is 0 Å². The molecule has 0 saturated heterocycles. The zero-order valence-corrected chi connectivity index (χ0v) is 12.3. The lowest BCUT2D eigenvalue weighted by atomic mass is 10.1. The summed E-state index contributed by atoms with van der Waals surface area (Å²) in [7, 11) is 0. The molecule has 0 atom stereocenters. The summed E-state index contributed by atoms with van der Waals surface area (Å²) >= 11 is 0. The van der Waals surface area contributed by atoms with Gasteiger partial charge in [-0.25, -0.2) is 4.98 Å². The monoisotopic (exact) mass is 264 g/mol. The van der Waals surface area contributed by atoms with Crippen molar-refractivity contribution < 1.29 is 0 Å². The molecule has 1 heterocycles. The average molecular weight is 264 g/mol. The maximum Gasteiger partial charge on any atom is 0.112 e. The van der Waals surface area contributed by atoms with Gasteiger partial charge in [0.1, 0.15) is 5.82 Å². The van der Waals surface area contributed by atoms with Crippen molar-refractivity contribution in [1.29, 1.82) is 0 Å². The molecule has 20 heavy (non-hydrogen) atoms. The first kappa shape index (κ1) is 12.9. The topological polar surface area (TPSA) is 17.8 Å². The Bertz CT molecular complexity index is 721. The van der Waals surface area contributed by atoms with Crippen molar-refractivity contribution in [2.24, 2.45) is 0 Å². The number of nitrogens with zero attached hydrogens (tertiary/aromatic N) is 2. The molecule has 0 bridgehead atoms. The number of rotatable bonds is 3. The second-order valence-corrected chi connectivity index (χ2v) is 5.69. The maximum atomic E-state index is 4.79. The summed E-state index contributed by atoms with van der Waals surface area (Å²) in [6, 6.07) is 17.1. The molecule has 2 nitrogen and oxygen atoms in total. The van der Waals surface area contributed by atoms with E-state index in [0.29, 0.717) is 5.92 Å². The van der Waals surface area contributed by atoms with Crippen molar-refractivity contribution in [3.8, 4) is 0 Å². The molecule has 0 radical (unpaired) electrons. The van der Waals surface area contributed by atoms with Gasteiger partial charge in [0.2, 0.25) is 0 Å². The Labute approximate surface area is 120 Å². The number of para-hydroxylation sites is 2. The Balaban J connectivity index is 2.09. The highest BCUT2D eigenvalue weighted by molar-refractivity contribution is 5.76. The lowest BCUT2D eigenvalue weighted by Crippen LogP contribution is -2.06. The van der Waals surface area contributed by atoms with Crippen LogP contribution in [0.4, 0.5) is 0 Å². The van der Waals surface area contributed by atoms with Crippen molar-refractivity contribution in [1.82, 2.24) is 9.55 Å². The zero-order chi connectivity index (χ0) is 14.1. The minimum atomic E-state index is 0.424. The number of imidazole rings is 1. The molecule has 0 aliphatic heterocycles. The summed E-state index contributed by atoms with van der Waals surface area (Å²) in [6.07, 6.45) is 0. The third-order valence-corrected chi connectivity index (χ3v) is 3.66. The molecular weight excluding hydrogens is 244 g/mol. The fourth-order valence-electron chi connectivity index (χ4n) is 2.58. The highest BCUT2D eigenvalue weighted by atomic mass is 15.1. The van der Waals surface area contributed by atoms with Gasteiger partial charge in [-0.2, -0.15) is 0 Å². The highest BCUT2D eigenvalue weighted by Gasteiger charge is 2.13. The minimum absolute atomic E-state index is 0.424. The first-order valence-electron chi connectivity index (χ1n) is 7.16. The van der Waals surface area contributed by atoms with E-state index < -0.39 is 0 Å². The highest BCUT2D eigenvalue weighted by Crippen LogP contribution is 2.23. The summed E-state index contributed by atoms with van der Waals surface area (Å²) in [5.74, 6) is 1.58. The van der Waals surface area contributed by atoms with E-state index in [1.54, 1.807) is 0 Å². The molecule has 2 heteroatoms. The number of fused-ring (bicyclic) bond motifs is 1. The number of hydrogen-bond acceptors (Lipinski definition) is 1. The van der Waals surface area contributed by atoms with Crippen molar-refractivity contribution >= 4 is 11.0 Å². The van der Waals surface area contributed by atoms with E-state index in [-0.39, 0.29) is 0 Å². The van der Waals surface area contributed by atoms with Crippen LogP contribution in [0.1, 0.15) is 36.7 Å². The van der Waals surface area contributed by atoms with E-state index in [0.717, 1.165) is 17.9 Å². The minimum Gasteiger partial charge on any atom is -0.323 e. The second kappa shape index (κ2) is 5.12. The normalized spacial score (nSPS) is 11.4. The summed E-state index contributed by atoms with van der Waals surface area (Å²) in [5, 5.41) is 0. The number of aryl methyl sites for hydroxylation is 1. The lowest BCUT2D eigenvalue weighted by molar-refractivity contribution is 0.683. The van der Waals surface area contributed by atoms with Gasteiger partial charge in [-0.15, -0.1) is 0 Å².